The van der Waals surface area contributed by atoms with Crippen molar-refractivity contribution < 1.29 is 19.1 Å². The molecular formula is C24H39N3O4S. The lowest BCUT2D eigenvalue weighted by Gasteiger charge is -2.34. The Morgan fingerprint density at radius 2 is 1.69 bits per heavy atom. The summed E-state index contributed by atoms with van der Waals surface area (Å²) in [5.41, 5.74) is 1.11. The van der Waals surface area contributed by atoms with E-state index < -0.39 is 23.8 Å². The molecular weight excluding hydrogens is 426 g/mol. The smallest absolute Gasteiger partial charge is 0.408 e. The summed E-state index contributed by atoms with van der Waals surface area (Å²) in [4.78, 5) is 40.7. The van der Waals surface area contributed by atoms with Crippen molar-refractivity contribution in [2.75, 3.05) is 18.6 Å². The minimum Gasteiger partial charge on any atom is -0.444 e. The first-order chi connectivity index (χ1) is 14.9. The van der Waals surface area contributed by atoms with Crippen molar-refractivity contribution in [2.24, 2.45) is 0 Å². The average molecular weight is 466 g/mol. The lowest BCUT2D eigenvalue weighted by Crippen LogP contribution is -2.53. The lowest BCUT2D eigenvalue weighted by molar-refractivity contribution is -0.142. The van der Waals surface area contributed by atoms with E-state index in [0.717, 1.165) is 11.1 Å². The van der Waals surface area contributed by atoms with E-state index >= 15 is 0 Å². The van der Waals surface area contributed by atoms with E-state index in [1.54, 1.807) is 32.5 Å². The van der Waals surface area contributed by atoms with Crippen LogP contribution < -0.4 is 10.6 Å². The van der Waals surface area contributed by atoms with Crippen molar-refractivity contribution in [3.05, 3.63) is 35.4 Å². The van der Waals surface area contributed by atoms with Gasteiger partial charge in [-0.1, -0.05) is 29.8 Å². The predicted molar refractivity (Wildman–Crippen MR) is 131 cm³/mol. The van der Waals surface area contributed by atoms with Crippen molar-refractivity contribution in [3.63, 3.8) is 0 Å². The Hall–Kier alpha value is -2.22. The van der Waals surface area contributed by atoms with Gasteiger partial charge in [-0.25, -0.2) is 4.79 Å². The van der Waals surface area contributed by atoms with Crippen molar-refractivity contribution >= 4 is 29.7 Å². The van der Waals surface area contributed by atoms with Crippen molar-refractivity contribution in [2.45, 2.75) is 78.6 Å². The van der Waals surface area contributed by atoms with Gasteiger partial charge in [0, 0.05) is 12.6 Å². The number of alkyl carbamates (subject to hydrolysis) is 1. The van der Waals surface area contributed by atoms with Gasteiger partial charge in [-0.05, 0) is 72.5 Å². The summed E-state index contributed by atoms with van der Waals surface area (Å²) in [5.74, 6) is 0.119. The highest BCUT2D eigenvalue weighted by Crippen LogP contribution is 2.24. The van der Waals surface area contributed by atoms with Crippen molar-refractivity contribution in [1.29, 1.82) is 0 Å². The molecule has 0 heterocycles. The third-order valence-corrected chi connectivity index (χ3v) is 5.25. The maximum absolute atomic E-state index is 13.6. The Morgan fingerprint density at radius 3 is 2.16 bits per heavy atom. The Balaban J connectivity index is 3.28. The molecule has 0 radical (unpaired) electrons. The van der Waals surface area contributed by atoms with Gasteiger partial charge in [0.2, 0.25) is 11.8 Å². The van der Waals surface area contributed by atoms with Gasteiger partial charge in [-0.15, -0.1) is 0 Å². The van der Waals surface area contributed by atoms with Crippen LogP contribution in [0.2, 0.25) is 0 Å². The minimum absolute atomic E-state index is 0.0727. The number of likely N-dealkylation sites (N-methyl/N-ethyl adjacent to an activating group) is 1. The van der Waals surface area contributed by atoms with Gasteiger partial charge in [0.05, 0.1) is 0 Å². The van der Waals surface area contributed by atoms with E-state index in [2.05, 4.69) is 10.6 Å². The highest BCUT2D eigenvalue weighted by Gasteiger charge is 2.35. The second-order valence-corrected chi connectivity index (χ2v) is 10.1. The Kier molecular flexibility index (Phi) is 11.1. The van der Waals surface area contributed by atoms with Gasteiger partial charge in [-0.2, -0.15) is 11.8 Å². The lowest BCUT2D eigenvalue weighted by atomic mass is 10.0. The maximum atomic E-state index is 13.6. The van der Waals surface area contributed by atoms with Gasteiger partial charge in [-0.3, -0.25) is 9.59 Å². The van der Waals surface area contributed by atoms with Crippen LogP contribution in [0.4, 0.5) is 4.79 Å². The number of benzene rings is 1. The molecule has 0 saturated heterocycles. The monoisotopic (exact) mass is 465 g/mol. The van der Waals surface area contributed by atoms with E-state index in [9.17, 15) is 14.4 Å². The summed E-state index contributed by atoms with van der Waals surface area (Å²) in [6, 6.07) is 5.92. The number of carbonyl (C=O) groups excluding carboxylic acids is 3. The average Bonchev–Trinajstić information content (AvgIpc) is 2.67. The third-order valence-electron chi connectivity index (χ3n) is 4.61. The van der Waals surface area contributed by atoms with E-state index in [1.165, 1.54) is 4.90 Å². The van der Waals surface area contributed by atoms with Gasteiger partial charge in [0.1, 0.15) is 17.7 Å². The van der Waals surface area contributed by atoms with E-state index in [4.69, 9.17) is 4.74 Å². The molecule has 0 aromatic heterocycles. The first-order valence-corrected chi connectivity index (χ1v) is 12.4. The van der Waals surface area contributed by atoms with Crippen LogP contribution in [0.1, 0.15) is 65.1 Å². The fourth-order valence-corrected chi connectivity index (χ4v) is 3.67. The van der Waals surface area contributed by atoms with E-state index in [-0.39, 0.29) is 17.9 Å². The number of ether oxygens (including phenoxy) is 1. The molecule has 0 aliphatic heterocycles. The first kappa shape index (κ1) is 27.8. The van der Waals surface area contributed by atoms with Gasteiger partial charge in [0.15, 0.2) is 0 Å². The SMILES string of the molecule is CCN(C(=O)C(CCSC)NC(=O)OC(C)(C)C)C(C(=O)NC(C)C)c1ccc(C)cc1. The van der Waals surface area contributed by atoms with Gasteiger partial charge >= 0.3 is 6.09 Å². The molecule has 7 nitrogen and oxygen atoms in total. The fraction of sp³-hybridized carbons (Fsp3) is 0.625. The maximum Gasteiger partial charge on any atom is 0.408 e. The molecule has 2 N–H and O–H groups in total. The van der Waals surface area contributed by atoms with Crippen LogP contribution >= 0.6 is 11.8 Å². The fourth-order valence-electron chi connectivity index (χ4n) is 3.19. The standard InChI is InChI=1S/C24H39N3O4S/c1-9-27(20(21(28)25-16(2)3)18-12-10-17(4)11-13-18)22(29)19(14-15-32-8)26-23(30)31-24(5,6)7/h10-13,16,19-20H,9,14-15H2,1-8H3,(H,25,28)(H,26,30). The number of amides is 3. The van der Waals surface area contributed by atoms with Crippen LogP contribution in [-0.4, -0.2) is 59.0 Å². The number of aryl methyl sites for hydroxylation is 1. The Morgan fingerprint density at radius 1 is 1.09 bits per heavy atom. The van der Waals surface area contributed by atoms with E-state index in [0.29, 0.717) is 18.7 Å². The number of rotatable bonds is 10. The van der Waals surface area contributed by atoms with Crippen molar-refractivity contribution in [1.82, 2.24) is 15.5 Å². The number of hydrogen-bond acceptors (Lipinski definition) is 5. The number of nitrogens with zero attached hydrogens (tertiary/aromatic N) is 1. The van der Waals surface area contributed by atoms with Gasteiger partial charge in [0.25, 0.3) is 0 Å². The molecule has 0 bridgehead atoms. The summed E-state index contributed by atoms with van der Waals surface area (Å²) >= 11 is 1.59. The van der Waals surface area contributed by atoms with Crippen LogP contribution in [0, 0.1) is 6.92 Å². The zero-order chi connectivity index (χ0) is 24.5. The summed E-state index contributed by atoms with van der Waals surface area (Å²) < 4.78 is 5.36. The number of thioether (sulfide) groups is 1. The number of carbonyl (C=O) groups is 3. The van der Waals surface area contributed by atoms with Crippen LogP contribution in [0.25, 0.3) is 0 Å². The van der Waals surface area contributed by atoms with Crippen LogP contribution in [0.5, 0.6) is 0 Å². The van der Waals surface area contributed by atoms with Crippen LogP contribution in [0.15, 0.2) is 24.3 Å². The third kappa shape index (κ3) is 9.10. The van der Waals surface area contributed by atoms with E-state index in [1.807, 2.05) is 58.2 Å². The van der Waals surface area contributed by atoms with Crippen LogP contribution in [-0.2, 0) is 14.3 Å². The summed E-state index contributed by atoms with van der Waals surface area (Å²) in [6.45, 7) is 13.2. The predicted octanol–water partition coefficient (Wildman–Crippen LogP) is 4.06. The Labute approximate surface area is 197 Å². The molecule has 0 saturated carbocycles. The number of nitrogens with one attached hydrogen (secondary N) is 2. The zero-order valence-electron chi connectivity index (χ0n) is 20.7. The Bertz CT molecular complexity index is 760. The highest BCUT2D eigenvalue weighted by molar-refractivity contribution is 7.98. The summed E-state index contributed by atoms with van der Waals surface area (Å²) in [5, 5.41) is 5.65. The molecule has 2 unspecified atom stereocenters. The molecule has 0 aliphatic rings. The van der Waals surface area contributed by atoms with Gasteiger partial charge < -0.3 is 20.3 Å². The minimum atomic E-state index is -0.798. The molecule has 0 spiro atoms. The molecule has 32 heavy (non-hydrogen) atoms. The molecule has 0 fully saturated rings. The quantitative estimate of drug-likeness (QED) is 0.544. The first-order valence-electron chi connectivity index (χ1n) is 11.1. The topological polar surface area (TPSA) is 87.7 Å². The summed E-state index contributed by atoms with van der Waals surface area (Å²) in [6.07, 6.45) is 1.73. The molecule has 1 aromatic rings. The molecule has 8 heteroatoms. The molecule has 1 aromatic carbocycles. The molecule has 3 amide bonds. The van der Waals surface area contributed by atoms with Crippen LogP contribution in [0.3, 0.4) is 0 Å². The summed E-state index contributed by atoms with van der Waals surface area (Å²) in [7, 11) is 0. The molecule has 180 valence electrons. The largest absolute Gasteiger partial charge is 0.444 e. The number of hydrogen-bond donors (Lipinski definition) is 2. The normalized spacial score (nSPS) is 13.3. The molecule has 0 aliphatic carbocycles. The molecule has 2 atom stereocenters. The van der Waals surface area contributed by atoms with Crippen molar-refractivity contribution in [3.8, 4) is 0 Å². The zero-order valence-corrected chi connectivity index (χ0v) is 21.5. The molecule has 1 rings (SSSR count). The second-order valence-electron chi connectivity index (χ2n) is 9.08. The second kappa shape index (κ2) is 12.7. The highest BCUT2D eigenvalue weighted by atomic mass is 32.2.